The Kier molecular flexibility index (Phi) is 4.73. The Morgan fingerprint density at radius 2 is 2.28 bits per heavy atom. The highest BCUT2D eigenvalue weighted by molar-refractivity contribution is 7.14. The number of hydrogen-bond donors (Lipinski definition) is 1. The summed E-state index contributed by atoms with van der Waals surface area (Å²) in [5.74, 6) is -0.781. The molecule has 3 heterocycles. The van der Waals surface area contributed by atoms with Crippen LogP contribution in [-0.2, 0) is 9.59 Å². The van der Waals surface area contributed by atoms with Crippen LogP contribution in [0, 0.1) is 0 Å². The van der Waals surface area contributed by atoms with Crippen LogP contribution in [0.3, 0.4) is 0 Å². The van der Waals surface area contributed by atoms with Gasteiger partial charge in [-0.1, -0.05) is 0 Å². The topological polar surface area (TPSA) is 116 Å². The molecule has 1 N–H and O–H groups in total. The molecule has 0 aromatic carbocycles. The predicted octanol–water partition coefficient (Wildman–Crippen LogP) is 2.08. The van der Waals surface area contributed by atoms with Gasteiger partial charge in [-0.2, -0.15) is 10.1 Å². The standard InChI is InChI=1S/C15H12N4O5S/c20-9-16-12(14(21)22)11-3-7-25-13(11)18-4-5-19(15(18)23)17-8-10-2-1-6-24-10/h1-3,6-8,12H,4-5H2,(H,21,22). The van der Waals surface area contributed by atoms with Crippen LogP contribution in [0.5, 0.6) is 0 Å². The fourth-order valence-electron chi connectivity index (χ4n) is 2.36. The molecule has 0 radical (unpaired) electrons. The molecular weight excluding hydrogens is 348 g/mol. The van der Waals surface area contributed by atoms with Crippen LogP contribution < -0.4 is 4.90 Å². The molecule has 2 aromatic heterocycles. The number of aliphatic carboxylic acids is 1. The summed E-state index contributed by atoms with van der Waals surface area (Å²) < 4.78 is 5.12. The molecule has 9 nitrogen and oxygen atoms in total. The average molecular weight is 360 g/mol. The van der Waals surface area contributed by atoms with Crippen LogP contribution in [0.1, 0.15) is 17.4 Å². The van der Waals surface area contributed by atoms with E-state index in [0.717, 1.165) is 0 Å². The van der Waals surface area contributed by atoms with Crippen molar-refractivity contribution in [3.63, 3.8) is 0 Å². The molecule has 0 aliphatic carbocycles. The van der Waals surface area contributed by atoms with Crippen LogP contribution in [0.4, 0.5) is 9.80 Å². The number of aliphatic imine (C=N–C) groups is 1. The zero-order chi connectivity index (χ0) is 17.8. The second kappa shape index (κ2) is 7.12. The van der Waals surface area contributed by atoms with Gasteiger partial charge >= 0.3 is 12.0 Å². The first-order chi connectivity index (χ1) is 12.1. The van der Waals surface area contributed by atoms with Crippen molar-refractivity contribution in [2.45, 2.75) is 6.04 Å². The lowest BCUT2D eigenvalue weighted by Gasteiger charge is -2.17. The highest BCUT2D eigenvalue weighted by Crippen LogP contribution is 2.36. The zero-order valence-corrected chi connectivity index (χ0v) is 13.5. The molecule has 1 aliphatic rings. The summed E-state index contributed by atoms with van der Waals surface area (Å²) in [6, 6.07) is 3.14. The average Bonchev–Trinajstić information content (AvgIpc) is 3.31. The van der Waals surface area contributed by atoms with E-state index in [1.54, 1.807) is 17.5 Å². The number of thiophene rings is 1. The van der Waals surface area contributed by atoms with Crippen LogP contribution in [0.25, 0.3) is 0 Å². The van der Waals surface area contributed by atoms with Crippen molar-refractivity contribution in [2.24, 2.45) is 10.1 Å². The first-order valence-corrected chi connectivity index (χ1v) is 8.03. The Bertz CT molecular complexity index is 851. The maximum atomic E-state index is 12.5. The van der Waals surface area contributed by atoms with Gasteiger partial charge in [0.25, 0.3) is 0 Å². The number of furan rings is 1. The lowest BCUT2D eigenvalue weighted by molar-refractivity contribution is -0.138. The minimum atomic E-state index is -1.40. The van der Waals surface area contributed by atoms with Crippen molar-refractivity contribution in [3.05, 3.63) is 41.2 Å². The first kappa shape index (κ1) is 16.6. The molecule has 1 atom stereocenters. The number of hydrogen-bond acceptors (Lipinski definition) is 7. The van der Waals surface area contributed by atoms with E-state index in [9.17, 15) is 19.5 Å². The Labute approximate surface area is 145 Å². The first-order valence-electron chi connectivity index (χ1n) is 7.15. The van der Waals surface area contributed by atoms with E-state index in [4.69, 9.17) is 4.42 Å². The van der Waals surface area contributed by atoms with E-state index in [-0.39, 0.29) is 5.56 Å². The number of carbonyl (C=O) groups is 2. The van der Waals surface area contributed by atoms with Gasteiger partial charge in [-0.15, -0.1) is 11.3 Å². The summed E-state index contributed by atoms with van der Waals surface area (Å²) in [7, 11) is 0. The molecule has 128 valence electrons. The second-order valence-corrected chi connectivity index (χ2v) is 5.85. The Balaban J connectivity index is 1.82. The molecule has 0 bridgehead atoms. The number of carboxylic acid groups (broad SMARTS) is 1. The summed E-state index contributed by atoms with van der Waals surface area (Å²) in [6.07, 6.45) is 4.18. The summed E-state index contributed by atoms with van der Waals surface area (Å²) in [6.45, 7) is 0.668. The molecule has 3 rings (SSSR count). The van der Waals surface area contributed by atoms with E-state index in [1.807, 2.05) is 0 Å². The van der Waals surface area contributed by atoms with Gasteiger partial charge in [0.2, 0.25) is 6.08 Å². The number of anilines is 1. The van der Waals surface area contributed by atoms with Crippen molar-refractivity contribution in [3.8, 4) is 0 Å². The summed E-state index contributed by atoms with van der Waals surface area (Å²) in [5, 5.41) is 16.6. The number of isocyanates is 1. The molecular formula is C15H12N4O5S. The maximum Gasteiger partial charge on any atom is 0.345 e. The SMILES string of the molecule is O=C=NC(C(=O)O)c1ccsc1N1CCN(N=Cc2ccco2)C1=O. The van der Waals surface area contributed by atoms with Gasteiger partial charge < -0.3 is 9.52 Å². The third kappa shape index (κ3) is 3.35. The van der Waals surface area contributed by atoms with E-state index in [0.29, 0.717) is 23.9 Å². The van der Waals surface area contributed by atoms with E-state index in [1.165, 1.54) is 45.9 Å². The third-order valence-corrected chi connectivity index (χ3v) is 4.44. The Morgan fingerprint density at radius 3 is 2.96 bits per heavy atom. The minimum Gasteiger partial charge on any atom is -0.479 e. The molecule has 2 amide bonds. The molecule has 1 aliphatic heterocycles. The zero-order valence-electron chi connectivity index (χ0n) is 12.7. The van der Waals surface area contributed by atoms with Crippen LogP contribution in [0.15, 0.2) is 44.4 Å². The van der Waals surface area contributed by atoms with Gasteiger partial charge in [-0.25, -0.2) is 19.4 Å². The van der Waals surface area contributed by atoms with Gasteiger partial charge in [0, 0.05) is 12.1 Å². The summed E-state index contributed by atoms with van der Waals surface area (Å²) in [5.41, 5.74) is 0.270. The van der Waals surface area contributed by atoms with Crippen molar-refractivity contribution in [2.75, 3.05) is 18.0 Å². The smallest absolute Gasteiger partial charge is 0.345 e. The molecule has 1 unspecified atom stereocenters. The minimum absolute atomic E-state index is 0.270. The van der Waals surface area contributed by atoms with Crippen LogP contribution in [-0.4, -0.2) is 47.5 Å². The number of hydrazone groups is 1. The molecule has 1 fully saturated rings. The predicted molar refractivity (Wildman–Crippen MR) is 88.6 cm³/mol. The number of carbonyl (C=O) groups excluding carboxylic acids is 2. The number of amides is 2. The molecule has 2 aromatic rings. The Hall–Kier alpha value is -3.23. The normalized spacial score (nSPS) is 15.6. The number of urea groups is 1. The van der Waals surface area contributed by atoms with Crippen molar-refractivity contribution in [1.82, 2.24) is 5.01 Å². The van der Waals surface area contributed by atoms with Crippen molar-refractivity contribution < 1.29 is 23.9 Å². The summed E-state index contributed by atoms with van der Waals surface area (Å²) in [4.78, 5) is 39.1. The van der Waals surface area contributed by atoms with Crippen molar-refractivity contribution in [1.29, 1.82) is 0 Å². The largest absolute Gasteiger partial charge is 0.479 e. The van der Waals surface area contributed by atoms with Crippen molar-refractivity contribution >= 4 is 40.6 Å². The van der Waals surface area contributed by atoms with Crippen LogP contribution >= 0.6 is 11.3 Å². The second-order valence-electron chi connectivity index (χ2n) is 4.96. The number of carboxylic acids is 1. The van der Waals surface area contributed by atoms with Gasteiger partial charge in [0.1, 0.15) is 10.8 Å². The van der Waals surface area contributed by atoms with Gasteiger partial charge in [0.15, 0.2) is 6.04 Å². The molecule has 25 heavy (non-hydrogen) atoms. The molecule has 0 saturated carbocycles. The maximum absolute atomic E-state index is 12.5. The highest BCUT2D eigenvalue weighted by atomic mass is 32.1. The summed E-state index contributed by atoms with van der Waals surface area (Å²) >= 11 is 1.19. The van der Waals surface area contributed by atoms with Crippen LogP contribution in [0.2, 0.25) is 0 Å². The number of nitrogens with zero attached hydrogens (tertiary/aromatic N) is 4. The fraction of sp³-hybridized carbons (Fsp3) is 0.200. The Morgan fingerprint density at radius 1 is 1.44 bits per heavy atom. The third-order valence-electron chi connectivity index (χ3n) is 3.48. The van der Waals surface area contributed by atoms with Gasteiger partial charge in [-0.05, 0) is 23.6 Å². The quantitative estimate of drug-likeness (QED) is 0.625. The molecule has 10 heteroatoms. The van der Waals surface area contributed by atoms with E-state index < -0.39 is 18.0 Å². The number of rotatable bonds is 6. The lowest BCUT2D eigenvalue weighted by atomic mass is 10.1. The highest BCUT2D eigenvalue weighted by Gasteiger charge is 2.34. The molecule has 1 saturated heterocycles. The fourth-order valence-corrected chi connectivity index (χ4v) is 3.32. The molecule has 0 spiro atoms. The van der Waals surface area contributed by atoms with Gasteiger partial charge in [0.05, 0.1) is 19.0 Å². The van der Waals surface area contributed by atoms with E-state index in [2.05, 4.69) is 10.1 Å². The van der Waals surface area contributed by atoms with E-state index >= 15 is 0 Å². The monoisotopic (exact) mass is 360 g/mol. The van der Waals surface area contributed by atoms with Gasteiger partial charge in [-0.3, -0.25) is 4.90 Å². The lowest BCUT2D eigenvalue weighted by Crippen LogP contribution is -2.29.